The average molecular weight is 379 g/mol. The van der Waals surface area contributed by atoms with E-state index >= 15 is 0 Å². The van der Waals surface area contributed by atoms with Crippen LogP contribution in [0.3, 0.4) is 0 Å². The zero-order valence-electron chi connectivity index (χ0n) is 12.7. The number of rotatable bonds is 5. The van der Waals surface area contributed by atoms with Gasteiger partial charge in [0, 0.05) is 0 Å². The number of para-hydroxylation sites is 1. The summed E-state index contributed by atoms with van der Waals surface area (Å²) >= 11 is 3.31. The lowest BCUT2D eigenvalue weighted by Crippen LogP contribution is -2.13. The smallest absolute Gasteiger partial charge is 0.343 e. The summed E-state index contributed by atoms with van der Waals surface area (Å²) in [6, 6.07) is 11.3. The van der Waals surface area contributed by atoms with Gasteiger partial charge in [-0.15, -0.1) is 0 Å². The number of hydrogen-bond acceptors (Lipinski definition) is 5. The minimum absolute atomic E-state index is 0.155. The molecule has 120 valence electrons. The highest BCUT2D eigenvalue weighted by Gasteiger charge is 2.17. The molecule has 0 aliphatic rings. The van der Waals surface area contributed by atoms with E-state index in [2.05, 4.69) is 15.9 Å². The quantitative estimate of drug-likeness (QED) is 0.583. The number of carbonyl (C=O) groups is 2. The predicted molar refractivity (Wildman–Crippen MR) is 88.1 cm³/mol. The summed E-state index contributed by atoms with van der Waals surface area (Å²) in [6.45, 7) is 1.95. The maximum absolute atomic E-state index is 12.3. The number of halogens is 1. The van der Waals surface area contributed by atoms with E-state index in [0.717, 1.165) is 0 Å². The Morgan fingerprint density at radius 2 is 1.78 bits per heavy atom. The van der Waals surface area contributed by atoms with Gasteiger partial charge in [-0.05, 0) is 53.2 Å². The van der Waals surface area contributed by atoms with Crippen molar-refractivity contribution in [3.63, 3.8) is 0 Å². The molecule has 6 heteroatoms. The maximum Gasteiger partial charge on any atom is 0.343 e. The third-order valence-electron chi connectivity index (χ3n) is 2.97. The molecule has 2 aromatic carbocycles. The van der Waals surface area contributed by atoms with Gasteiger partial charge in [0.15, 0.2) is 0 Å². The highest BCUT2D eigenvalue weighted by molar-refractivity contribution is 9.10. The van der Waals surface area contributed by atoms with Crippen molar-refractivity contribution in [1.82, 2.24) is 0 Å². The van der Waals surface area contributed by atoms with Crippen LogP contribution >= 0.6 is 15.9 Å². The number of hydrogen-bond donors (Lipinski definition) is 0. The fourth-order valence-corrected chi connectivity index (χ4v) is 2.43. The lowest BCUT2D eigenvalue weighted by atomic mass is 10.2. The summed E-state index contributed by atoms with van der Waals surface area (Å²) in [6.07, 6.45) is 0. The van der Waals surface area contributed by atoms with Gasteiger partial charge in [-0.1, -0.05) is 12.1 Å². The number of methoxy groups -OCH3 is 1. The van der Waals surface area contributed by atoms with E-state index in [1.54, 1.807) is 49.4 Å². The summed E-state index contributed by atoms with van der Waals surface area (Å²) in [4.78, 5) is 24.1. The van der Waals surface area contributed by atoms with Crippen LogP contribution in [0.15, 0.2) is 46.9 Å². The van der Waals surface area contributed by atoms with Crippen molar-refractivity contribution in [1.29, 1.82) is 0 Å². The molecule has 0 saturated heterocycles. The van der Waals surface area contributed by atoms with Crippen molar-refractivity contribution >= 4 is 27.9 Å². The monoisotopic (exact) mass is 378 g/mol. The van der Waals surface area contributed by atoms with E-state index < -0.39 is 11.9 Å². The molecule has 2 aromatic rings. The zero-order valence-corrected chi connectivity index (χ0v) is 14.3. The van der Waals surface area contributed by atoms with Crippen molar-refractivity contribution in [3.05, 3.63) is 58.1 Å². The summed E-state index contributed by atoms with van der Waals surface area (Å²) in [5.74, 6) is -0.353. The Bertz CT molecular complexity index is 727. The highest BCUT2D eigenvalue weighted by atomic mass is 79.9. The molecular formula is C17H15BrO5. The number of benzene rings is 2. The topological polar surface area (TPSA) is 61.8 Å². The molecule has 0 radical (unpaired) electrons. The van der Waals surface area contributed by atoms with Gasteiger partial charge in [0.2, 0.25) is 0 Å². The normalized spacial score (nSPS) is 10.0. The van der Waals surface area contributed by atoms with E-state index in [-0.39, 0.29) is 17.9 Å². The Morgan fingerprint density at radius 3 is 2.43 bits per heavy atom. The summed E-state index contributed by atoms with van der Waals surface area (Å²) in [5.41, 5.74) is 0.534. The number of esters is 2. The lowest BCUT2D eigenvalue weighted by molar-refractivity contribution is 0.0520. The van der Waals surface area contributed by atoms with Gasteiger partial charge in [-0.2, -0.15) is 0 Å². The van der Waals surface area contributed by atoms with Gasteiger partial charge in [0.25, 0.3) is 0 Å². The van der Waals surface area contributed by atoms with Crippen LogP contribution in [0.1, 0.15) is 27.6 Å². The van der Waals surface area contributed by atoms with Crippen molar-refractivity contribution in [2.75, 3.05) is 13.7 Å². The molecule has 2 rings (SSSR count). The molecule has 0 aliphatic carbocycles. The summed E-state index contributed by atoms with van der Waals surface area (Å²) < 4.78 is 16.0. The molecule has 0 bridgehead atoms. The largest absolute Gasteiger partial charge is 0.496 e. The van der Waals surface area contributed by atoms with Crippen LogP contribution in [0.25, 0.3) is 0 Å². The first-order chi connectivity index (χ1) is 11.1. The number of ether oxygens (including phenoxy) is 3. The third kappa shape index (κ3) is 4.10. The van der Waals surface area contributed by atoms with Gasteiger partial charge in [-0.3, -0.25) is 0 Å². The molecule has 0 fully saturated rings. The Kier molecular flexibility index (Phi) is 5.76. The lowest BCUT2D eigenvalue weighted by Gasteiger charge is -2.10. The van der Waals surface area contributed by atoms with Crippen LogP contribution in [0.2, 0.25) is 0 Å². The van der Waals surface area contributed by atoms with Gasteiger partial charge in [0.05, 0.1) is 23.8 Å². The molecule has 0 saturated carbocycles. The van der Waals surface area contributed by atoms with Crippen molar-refractivity contribution < 1.29 is 23.8 Å². The maximum atomic E-state index is 12.3. The minimum Gasteiger partial charge on any atom is -0.496 e. The van der Waals surface area contributed by atoms with Crippen LogP contribution in [-0.2, 0) is 4.74 Å². The van der Waals surface area contributed by atoms with Gasteiger partial charge in [-0.25, -0.2) is 9.59 Å². The standard InChI is InChI=1S/C17H15BrO5/c1-3-22-17(20)12-6-4-5-7-14(12)23-16(19)11-8-9-15(21-2)13(18)10-11/h4-10H,3H2,1-2H3. The summed E-state index contributed by atoms with van der Waals surface area (Å²) in [5, 5.41) is 0. The Balaban J connectivity index is 2.24. The Labute approximate surface area is 142 Å². The Morgan fingerprint density at radius 1 is 1.04 bits per heavy atom. The van der Waals surface area contributed by atoms with E-state index in [9.17, 15) is 9.59 Å². The zero-order chi connectivity index (χ0) is 16.8. The first kappa shape index (κ1) is 17.0. The van der Waals surface area contributed by atoms with Crippen molar-refractivity contribution in [3.8, 4) is 11.5 Å². The van der Waals surface area contributed by atoms with Crippen LogP contribution in [0.5, 0.6) is 11.5 Å². The van der Waals surface area contributed by atoms with E-state index in [0.29, 0.717) is 15.8 Å². The molecule has 5 nitrogen and oxygen atoms in total. The second-order valence-corrected chi connectivity index (χ2v) is 5.31. The van der Waals surface area contributed by atoms with Gasteiger partial charge in [0.1, 0.15) is 17.1 Å². The fraction of sp³-hybridized carbons (Fsp3) is 0.176. The predicted octanol–water partition coefficient (Wildman–Crippen LogP) is 3.85. The van der Waals surface area contributed by atoms with Gasteiger partial charge >= 0.3 is 11.9 Å². The molecule has 0 N–H and O–H groups in total. The molecule has 0 amide bonds. The second kappa shape index (κ2) is 7.78. The molecule has 0 atom stereocenters. The van der Waals surface area contributed by atoms with Crippen LogP contribution in [0.4, 0.5) is 0 Å². The van der Waals surface area contributed by atoms with Crippen LogP contribution in [-0.4, -0.2) is 25.7 Å². The molecule has 0 spiro atoms. The average Bonchev–Trinajstić information content (AvgIpc) is 2.55. The minimum atomic E-state index is -0.579. The molecular weight excluding hydrogens is 364 g/mol. The van der Waals surface area contributed by atoms with E-state index in [4.69, 9.17) is 14.2 Å². The molecule has 23 heavy (non-hydrogen) atoms. The Hall–Kier alpha value is -2.34. The highest BCUT2D eigenvalue weighted by Crippen LogP contribution is 2.27. The van der Waals surface area contributed by atoms with Crippen LogP contribution in [0, 0.1) is 0 Å². The molecule has 0 heterocycles. The SMILES string of the molecule is CCOC(=O)c1ccccc1OC(=O)c1ccc(OC)c(Br)c1. The van der Waals surface area contributed by atoms with E-state index in [1.165, 1.54) is 7.11 Å². The fourth-order valence-electron chi connectivity index (χ4n) is 1.89. The summed E-state index contributed by atoms with van der Waals surface area (Å²) in [7, 11) is 1.54. The van der Waals surface area contributed by atoms with Crippen molar-refractivity contribution in [2.24, 2.45) is 0 Å². The molecule has 0 aliphatic heterocycles. The van der Waals surface area contributed by atoms with Gasteiger partial charge < -0.3 is 14.2 Å². The second-order valence-electron chi connectivity index (χ2n) is 4.46. The first-order valence-electron chi connectivity index (χ1n) is 6.88. The molecule has 0 aromatic heterocycles. The van der Waals surface area contributed by atoms with Crippen molar-refractivity contribution in [2.45, 2.75) is 6.92 Å². The first-order valence-corrected chi connectivity index (χ1v) is 7.68. The van der Waals surface area contributed by atoms with Crippen LogP contribution < -0.4 is 9.47 Å². The van der Waals surface area contributed by atoms with E-state index in [1.807, 2.05) is 0 Å². The molecule has 0 unspecified atom stereocenters. The number of carbonyl (C=O) groups excluding carboxylic acids is 2. The third-order valence-corrected chi connectivity index (χ3v) is 3.59.